The minimum atomic E-state index is -0.503. The molecule has 0 aliphatic carbocycles. The first-order valence-corrected chi connectivity index (χ1v) is 6.97. The molecule has 4 heteroatoms. The lowest BCUT2D eigenvalue weighted by Crippen LogP contribution is -2.15. The van der Waals surface area contributed by atoms with Crippen molar-refractivity contribution in [3.8, 4) is 0 Å². The summed E-state index contributed by atoms with van der Waals surface area (Å²) in [5.74, 6) is -0.940. The van der Waals surface area contributed by atoms with E-state index in [1.54, 1.807) is 19.1 Å². The monoisotopic (exact) mass is 286 g/mol. The third-order valence-electron chi connectivity index (χ3n) is 3.13. The van der Waals surface area contributed by atoms with Crippen molar-refractivity contribution < 1.29 is 9.18 Å². The molecule has 2 aromatic rings. The summed E-state index contributed by atoms with van der Waals surface area (Å²) in [4.78, 5) is 12.1. The zero-order valence-corrected chi connectivity index (χ0v) is 12.2. The molecule has 0 atom stereocenters. The summed E-state index contributed by atoms with van der Waals surface area (Å²) < 4.78 is 13.8. The Labute approximate surface area is 124 Å². The maximum absolute atomic E-state index is 13.8. The van der Waals surface area contributed by atoms with Crippen molar-refractivity contribution in [1.82, 2.24) is 5.32 Å². The van der Waals surface area contributed by atoms with Gasteiger partial charge in [0.2, 0.25) is 0 Å². The van der Waals surface area contributed by atoms with Crippen LogP contribution >= 0.6 is 0 Å². The topological polar surface area (TPSA) is 41.1 Å². The van der Waals surface area contributed by atoms with Crippen molar-refractivity contribution in [2.45, 2.75) is 20.4 Å². The molecule has 0 saturated heterocycles. The summed E-state index contributed by atoms with van der Waals surface area (Å²) in [6, 6.07) is 12.1. The van der Waals surface area contributed by atoms with E-state index >= 15 is 0 Å². The highest BCUT2D eigenvalue weighted by molar-refractivity contribution is 6.04. The van der Waals surface area contributed by atoms with Gasteiger partial charge in [0.25, 0.3) is 5.91 Å². The van der Waals surface area contributed by atoms with E-state index in [1.165, 1.54) is 12.1 Å². The molecule has 21 heavy (non-hydrogen) atoms. The molecule has 0 aliphatic heterocycles. The van der Waals surface area contributed by atoms with Crippen LogP contribution in [0.25, 0.3) is 0 Å². The molecule has 0 fully saturated rings. The Bertz CT molecular complexity index is 640. The Kier molecular flexibility index (Phi) is 5.06. The van der Waals surface area contributed by atoms with Crippen LogP contribution in [0.3, 0.4) is 0 Å². The summed E-state index contributed by atoms with van der Waals surface area (Å²) >= 11 is 0. The molecular formula is C17H19FN2O. The van der Waals surface area contributed by atoms with Gasteiger partial charge in [-0.2, -0.15) is 0 Å². The lowest BCUT2D eigenvalue weighted by molar-refractivity contribution is 0.102. The number of carbonyl (C=O) groups is 1. The Morgan fingerprint density at radius 2 is 2.00 bits per heavy atom. The van der Waals surface area contributed by atoms with Crippen LogP contribution in [0.15, 0.2) is 42.5 Å². The molecule has 3 nitrogen and oxygen atoms in total. The van der Waals surface area contributed by atoms with Crippen LogP contribution in [0.2, 0.25) is 0 Å². The van der Waals surface area contributed by atoms with Crippen LogP contribution in [-0.2, 0) is 6.54 Å². The Balaban J connectivity index is 2.12. The van der Waals surface area contributed by atoms with Gasteiger partial charge < -0.3 is 10.6 Å². The fourth-order valence-corrected chi connectivity index (χ4v) is 2.03. The summed E-state index contributed by atoms with van der Waals surface area (Å²) in [6.07, 6.45) is 0. The lowest BCUT2D eigenvalue weighted by Gasteiger charge is -2.09. The average molecular weight is 286 g/mol. The van der Waals surface area contributed by atoms with Crippen molar-refractivity contribution >= 4 is 11.6 Å². The molecule has 0 unspecified atom stereocenters. The van der Waals surface area contributed by atoms with E-state index in [0.717, 1.165) is 24.2 Å². The molecule has 0 radical (unpaired) electrons. The lowest BCUT2D eigenvalue weighted by atomic mass is 10.1. The number of benzene rings is 2. The molecule has 0 aromatic heterocycles. The van der Waals surface area contributed by atoms with Gasteiger partial charge in [0.1, 0.15) is 5.82 Å². The molecule has 0 bridgehead atoms. The van der Waals surface area contributed by atoms with E-state index in [0.29, 0.717) is 5.69 Å². The third-order valence-corrected chi connectivity index (χ3v) is 3.13. The first-order chi connectivity index (χ1) is 10.1. The van der Waals surface area contributed by atoms with Crippen LogP contribution in [-0.4, -0.2) is 12.5 Å². The summed E-state index contributed by atoms with van der Waals surface area (Å²) in [5.41, 5.74) is 2.57. The number of hydrogen-bond acceptors (Lipinski definition) is 2. The van der Waals surface area contributed by atoms with Gasteiger partial charge in [0, 0.05) is 12.2 Å². The molecule has 0 spiro atoms. The van der Waals surface area contributed by atoms with Gasteiger partial charge in [-0.3, -0.25) is 4.79 Å². The molecule has 0 heterocycles. The first kappa shape index (κ1) is 15.2. The van der Waals surface area contributed by atoms with Crippen molar-refractivity contribution in [3.05, 3.63) is 65.0 Å². The van der Waals surface area contributed by atoms with Gasteiger partial charge in [0.05, 0.1) is 5.56 Å². The normalized spacial score (nSPS) is 10.4. The van der Waals surface area contributed by atoms with Crippen LogP contribution in [0, 0.1) is 12.7 Å². The number of amides is 1. The number of rotatable bonds is 5. The quantitative estimate of drug-likeness (QED) is 0.883. The molecule has 0 aliphatic rings. The minimum Gasteiger partial charge on any atom is -0.322 e. The van der Waals surface area contributed by atoms with Gasteiger partial charge >= 0.3 is 0 Å². The molecule has 110 valence electrons. The highest BCUT2D eigenvalue weighted by Crippen LogP contribution is 2.15. The van der Waals surface area contributed by atoms with Gasteiger partial charge in [-0.05, 0) is 48.9 Å². The van der Waals surface area contributed by atoms with E-state index in [-0.39, 0.29) is 5.56 Å². The second-order valence-corrected chi connectivity index (χ2v) is 4.92. The van der Waals surface area contributed by atoms with Crippen LogP contribution < -0.4 is 10.6 Å². The average Bonchev–Trinajstić information content (AvgIpc) is 2.45. The van der Waals surface area contributed by atoms with Crippen molar-refractivity contribution in [1.29, 1.82) is 0 Å². The van der Waals surface area contributed by atoms with Crippen molar-refractivity contribution in [2.75, 3.05) is 11.9 Å². The van der Waals surface area contributed by atoms with E-state index in [9.17, 15) is 9.18 Å². The highest BCUT2D eigenvalue weighted by Gasteiger charge is 2.11. The Morgan fingerprint density at radius 1 is 1.19 bits per heavy atom. The number of hydrogen-bond donors (Lipinski definition) is 2. The standard InChI is InChI=1S/C17H19FN2O/c1-3-19-11-13-5-4-6-14(10-13)20-17(21)15-8-7-12(2)9-16(15)18/h4-10,19H,3,11H2,1-2H3,(H,20,21). The van der Waals surface area contributed by atoms with Crippen molar-refractivity contribution in [3.63, 3.8) is 0 Å². The SMILES string of the molecule is CCNCc1cccc(NC(=O)c2ccc(C)cc2F)c1. The summed E-state index contributed by atoms with van der Waals surface area (Å²) in [5, 5.41) is 5.95. The second-order valence-electron chi connectivity index (χ2n) is 4.92. The van der Waals surface area contributed by atoms with Gasteiger partial charge in [-0.25, -0.2) is 4.39 Å². The predicted molar refractivity (Wildman–Crippen MR) is 82.9 cm³/mol. The smallest absolute Gasteiger partial charge is 0.258 e. The number of carbonyl (C=O) groups excluding carboxylic acids is 1. The van der Waals surface area contributed by atoms with Crippen LogP contribution in [0.5, 0.6) is 0 Å². The number of anilines is 1. The summed E-state index contributed by atoms with van der Waals surface area (Å²) in [7, 11) is 0. The zero-order valence-electron chi connectivity index (χ0n) is 12.2. The fourth-order valence-electron chi connectivity index (χ4n) is 2.03. The molecule has 2 rings (SSSR count). The van der Waals surface area contributed by atoms with Crippen LogP contribution in [0.1, 0.15) is 28.4 Å². The second kappa shape index (κ2) is 6.99. The van der Waals surface area contributed by atoms with Crippen LogP contribution in [0.4, 0.5) is 10.1 Å². The number of aryl methyl sites for hydroxylation is 1. The zero-order chi connectivity index (χ0) is 15.2. The molecular weight excluding hydrogens is 267 g/mol. The van der Waals surface area contributed by atoms with Crippen molar-refractivity contribution in [2.24, 2.45) is 0 Å². The maximum Gasteiger partial charge on any atom is 0.258 e. The Morgan fingerprint density at radius 3 is 2.71 bits per heavy atom. The summed E-state index contributed by atoms with van der Waals surface area (Å²) in [6.45, 7) is 5.44. The fraction of sp³-hybridized carbons (Fsp3) is 0.235. The number of halogens is 1. The first-order valence-electron chi connectivity index (χ1n) is 6.97. The molecule has 2 aromatic carbocycles. The molecule has 2 N–H and O–H groups in total. The number of nitrogens with one attached hydrogen (secondary N) is 2. The molecule has 1 amide bonds. The van der Waals surface area contributed by atoms with Gasteiger partial charge in [0.15, 0.2) is 0 Å². The molecule has 0 saturated carbocycles. The largest absolute Gasteiger partial charge is 0.322 e. The third kappa shape index (κ3) is 4.13. The minimum absolute atomic E-state index is 0.0534. The maximum atomic E-state index is 13.8. The van der Waals surface area contributed by atoms with E-state index in [4.69, 9.17) is 0 Å². The Hall–Kier alpha value is -2.20. The van der Waals surface area contributed by atoms with E-state index in [1.807, 2.05) is 25.1 Å². The van der Waals surface area contributed by atoms with E-state index < -0.39 is 11.7 Å². The van der Waals surface area contributed by atoms with E-state index in [2.05, 4.69) is 10.6 Å². The highest BCUT2D eigenvalue weighted by atomic mass is 19.1. The van der Waals surface area contributed by atoms with Gasteiger partial charge in [-0.1, -0.05) is 25.1 Å². The predicted octanol–water partition coefficient (Wildman–Crippen LogP) is 3.50. The van der Waals surface area contributed by atoms with Gasteiger partial charge in [-0.15, -0.1) is 0 Å².